The zero-order valence-electron chi connectivity index (χ0n) is 10.6. The number of ether oxygens (including phenoxy) is 1. The van der Waals surface area contributed by atoms with Crippen molar-refractivity contribution in [3.63, 3.8) is 0 Å². The Labute approximate surface area is 98.1 Å². The molecule has 2 N–H and O–H groups in total. The number of nitrogens with one attached hydrogen (secondary N) is 2. The summed E-state index contributed by atoms with van der Waals surface area (Å²) >= 11 is 0. The van der Waals surface area contributed by atoms with E-state index in [1.165, 1.54) is 0 Å². The zero-order chi connectivity index (χ0) is 12.0. The fourth-order valence-corrected chi connectivity index (χ4v) is 1.87. The van der Waals surface area contributed by atoms with E-state index in [9.17, 15) is 4.79 Å². The van der Waals surface area contributed by atoms with E-state index in [0.29, 0.717) is 6.42 Å². The van der Waals surface area contributed by atoms with Crippen LogP contribution < -0.4 is 10.6 Å². The smallest absolute Gasteiger partial charge is 0.221 e. The highest BCUT2D eigenvalue weighted by molar-refractivity contribution is 5.76. The SMILES string of the molecule is CC(C)NC(=O)CCNC1(C)CCOCC1. The van der Waals surface area contributed by atoms with E-state index in [4.69, 9.17) is 4.74 Å². The van der Waals surface area contributed by atoms with Crippen molar-refractivity contribution < 1.29 is 9.53 Å². The third kappa shape index (κ3) is 4.94. The summed E-state index contributed by atoms with van der Waals surface area (Å²) < 4.78 is 5.33. The van der Waals surface area contributed by atoms with Crippen molar-refractivity contribution >= 4 is 5.91 Å². The summed E-state index contributed by atoms with van der Waals surface area (Å²) in [6, 6.07) is 0.228. The monoisotopic (exact) mass is 228 g/mol. The van der Waals surface area contributed by atoms with E-state index >= 15 is 0 Å². The molecule has 16 heavy (non-hydrogen) atoms. The quantitative estimate of drug-likeness (QED) is 0.740. The maximum atomic E-state index is 11.4. The van der Waals surface area contributed by atoms with E-state index in [1.807, 2.05) is 13.8 Å². The Kier molecular flexibility index (Phi) is 5.22. The Bertz CT molecular complexity index is 223. The fraction of sp³-hybridized carbons (Fsp3) is 0.917. The number of carbonyl (C=O) groups is 1. The number of hydrogen-bond acceptors (Lipinski definition) is 3. The van der Waals surface area contributed by atoms with Gasteiger partial charge in [-0.2, -0.15) is 0 Å². The summed E-state index contributed by atoms with van der Waals surface area (Å²) in [5.74, 6) is 0.123. The van der Waals surface area contributed by atoms with Gasteiger partial charge in [-0.25, -0.2) is 0 Å². The average Bonchev–Trinajstić information content (AvgIpc) is 2.17. The Morgan fingerprint density at radius 1 is 1.38 bits per heavy atom. The predicted octanol–water partition coefficient (Wildman–Crippen LogP) is 1.06. The molecular weight excluding hydrogens is 204 g/mol. The minimum atomic E-state index is 0.123. The molecule has 1 aliphatic rings. The van der Waals surface area contributed by atoms with Crippen molar-refractivity contribution in [3.05, 3.63) is 0 Å². The maximum Gasteiger partial charge on any atom is 0.221 e. The molecule has 4 heteroatoms. The lowest BCUT2D eigenvalue weighted by molar-refractivity contribution is -0.121. The summed E-state index contributed by atoms with van der Waals surface area (Å²) in [7, 11) is 0. The van der Waals surface area contributed by atoms with Gasteiger partial charge >= 0.3 is 0 Å². The highest BCUT2D eigenvalue weighted by Crippen LogP contribution is 2.19. The van der Waals surface area contributed by atoms with Gasteiger partial charge in [0.25, 0.3) is 0 Å². The first-order valence-corrected chi connectivity index (χ1v) is 6.14. The molecule has 0 atom stereocenters. The van der Waals surface area contributed by atoms with Crippen molar-refractivity contribution in [2.24, 2.45) is 0 Å². The lowest BCUT2D eigenvalue weighted by Crippen LogP contribution is -2.48. The lowest BCUT2D eigenvalue weighted by Gasteiger charge is -2.34. The van der Waals surface area contributed by atoms with E-state index in [1.54, 1.807) is 0 Å². The van der Waals surface area contributed by atoms with Crippen molar-refractivity contribution in [2.45, 2.75) is 51.6 Å². The second kappa shape index (κ2) is 6.21. The highest BCUT2D eigenvalue weighted by atomic mass is 16.5. The highest BCUT2D eigenvalue weighted by Gasteiger charge is 2.26. The Morgan fingerprint density at radius 2 is 2.00 bits per heavy atom. The van der Waals surface area contributed by atoms with Crippen LogP contribution in [-0.2, 0) is 9.53 Å². The van der Waals surface area contributed by atoms with E-state index in [0.717, 1.165) is 32.6 Å². The molecule has 0 saturated carbocycles. The minimum absolute atomic E-state index is 0.123. The van der Waals surface area contributed by atoms with Gasteiger partial charge in [0.1, 0.15) is 0 Å². The number of hydrogen-bond donors (Lipinski definition) is 2. The van der Waals surface area contributed by atoms with Crippen LogP contribution in [0, 0.1) is 0 Å². The minimum Gasteiger partial charge on any atom is -0.381 e. The van der Waals surface area contributed by atoms with Crippen molar-refractivity contribution in [3.8, 4) is 0 Å². The Balaban J connectivity index is 2.16. The second-order valence-electron chi connectivity index (χ2n) is 5.07. The van der Waals surface area contributed by atoms with Gasteiger partial charge in [0.2, 0.25) is 5.91 Å². The first-order valence-electron chi connectivity index (χ1n) is 6.14. The van der Waals surface area contributed by atoms with Gasteiger partial charge in [-0.1, -0.05) is 0 Å². The van der Waals surface area contributed by atoms with E-state index in [2.05, 4.69) is 17.6 Å². The first-order chi connectivity index (χ1) is 7.52. The van der Waals surface area contributed by atoms with Crippen LogP contribution in [0.5, 0.6) is 0 Å². The van der Waals surface area contributed by atoms with Gasteiger partial charge in [0, 0.05) is 37.8 Å². The van der Waals surface area contributed by atoms with Crippen LogP contribution >= 0.6 is 0 Å². The van der Waals surface area contributed by atoms with Crippen LogP contribution in [0.25, 0.3) is 0 Å². The maximum absolute atomic E-state index is 11.4. The van der Waals surface area contributed by atoms with E-state index in [-0.39, 0.29) is 17.5 Å². The fourth-order valence-electron chi connectivity index (χ4n) is 1.87. The summed E-state index contributed by atoms with van der Waals surface area (Å²) in [4.78, 5) is 11.4. The van der Waals surface area contributed by atoms with Crippen LogP contribution in [0.15, 0.2) is 0 Å². The largest absolute Gasteiger partial charge is 0.381 e. The molecule has 1 rings (SSSR count). The van der Waals surface area contributed by atoms with Gasteiger partial charge in [0.05, 0.1) is 0 Å². The molecule has 0 bridgehead atoms. The molecule has 94 valence electrons. The van der Waals surface area contributed by atoms with Gasteiger partial charge in [0.15, 0.2) is 0 Å². The summed E-state index contributed by atoms with van der Waals surface area (Å²) in [6.45, 7) is 8.55. The van der Waals surface area contributed by atoms with Crippen LogP contribution in [0.4, 0.5) is 0 Å². The number of carbonyl (C=O) groups excluding carboxylic acids is 1. The first kappa shape index (κ1) is 13.5. The molecule has 0 aromatic rings. The van der Waals surface area contributed by atoms with Gasteiger partial charge < -0.3 is 15.4 Å². The molecular formula is C12H24N2O2. The topological polar surface area (TPSA) is 50.4 Å². The summed E-state index contributed by atoms with van der Waals surface area (Å²) in [5, 5.41) is 6.35. The Morgan fingerprint density at radius 3 is 2.56 bits per heavy atom. The molecule has 1 aliphatic heterocycles. The third-order valence-corrected chi connectivity index (χ3v) is 2.95. The average molecular weight is 228 g/mol. The van der Waals surface area contributed by atoms with Crippen LogP contribution in [-0.4, -0.2) is 37.2 Å². The standard InChI is InChI=1S/C12H24N2O2/c1-10(2)14-11(15)4-7-13-12(3)5-8-16-9-6-12/h10,13H,4-9H2,1-3H3,(H,14,15). The van der Waals surface area contributed by atoms with Gasteiger partial charge in [-0.3, -0.25) is 4.79 Å². The zero-order valence-corrected chi connectivity index (χ0v) is 10.6. The van der Waals surface area contributed by atoms with Crippen LogP contribution in [0.1, 0.15) is 40.0 Å². The van der Waals surface area contributed by atoms with Crippen molar-refractivity contribution in [2.75, 3.05) is 19.8 Å². The van der Waals surface area contributed by atoms with Gasteiger partial charge in [-0.05, 0) is 33.6 Å². The molecule has 1 heterocycles. The van der Waals surface area contributed by atoms with Crippen LogP contribution in [0.3, 0.4) is 0 Å². The molecule has 1 saturated heterocycles. The molecule has 4 nitrogen and oxygen atoms in total. The Hall–Kier alpha value is -0.610. The molecule has 1 fully saturated rings. The number of amides is 1. The lowest BCUT2D eigenvalue weighted by atomic mass is 9.92. The van der Waals surface area contributed by atoms with Crippen molar-refractivity contribution in [1.29, 1.82) is 0 Å². The molecule has 0 radical (unpaired) electrons. The van der Waals surface area contributed by atoms with Crippen molar-refractivity contribution in [1.82, 2.24) is 10.6 Å². The molecule has 0 aromatic carbocycles. The summed E-state index contributed by atoms with van der Waals surface area (Å²) in [6.07, 6.45) is 2.60. The van der Waals surface area contributed by atoms with Crippen LogP contribution in [0.2, 0.25) is 0 Å². The normalized spacial score (nSPS) is 19.8. The van der Waals surface area contributed by atoms with E-state index < -0.39 is 0 Å². The molecule has 1 amide bonds. The molecule has 0 aliphatic carbocycles. The van der Waals surface area contributed by atoms with Gasteiger partial charge in [-0.15, -0.1) is 0 Å². The molecule has 0 aromatic heterocycles. The predicted molar refractivity (Wildman–Crippen MR) is 64.4 cm³/mol. The third-order valence-electron chi connectivity index (χ3n) is 2.95. The molecule has 0 spiro atoms. The molecule has 0 unspecified atom stereocenters. The number of rotatable bonds is 5. The summed E-state index contributed by atoms with van der Waals surface area (Å²) in [5.41, 5.74) is 0.149. The second-order valence-corrected chi connectivity index (χ2v) is 5.07.